The summed E-state index contributed by atoms with van der Waals surface area (Å²) >= 11 is 0. The zero-order chi connectivity index (χ0) is 23.0. The predicted octanol–water partition coefficient (Wildman–Crippen LogP) is 2.88. The van der Waals surface area contributed by atoms with Crippen LogP contribution < -0.4 is 10.6 Å². The molecule has 7 nitrogen and oxygen atoms in total. The van der Waals surface area contributed by atoms with Gasteiger partial charge in [-0.15, -0.1) is 0 Å². The number of carbonyl (C=O) groups excluding carboxylic acids is 1. The van der Waals surface area contributed by atoms with Crippen LogP contribution in [-0.2, 0) is 11.2 Å². The topological polar surface area (TPSA) is 119 Å². The van der Waals surface area contributed by atoms with Crippen molar-refractivity contribution in [2.75, 3.05) is 6.54 Å². The van der Waals surface area contributed by atoms with Crippen molar-refractivity contribution < 1.29 is 24.9 Å². The number of phenolic OH excluding ortho intramolecular Hbond substituents is 1. The monoisotopic (exact) mass is 428 g/mol. The van der Waals surface area contributed by atoms with E-state index in [0.717, 1.165) is 11.1 Å². The van der Waals surface area contributed by atoms with E-state index in [1.54, 1.807) is 36.4 Å². The Morgan fingerprint density at radius 2 is 1.58 bits per heavy atom. The first-order valence-corrected chi connectivity index (χ1v) is 10.5. The summed E-state index contributed by atoms with van der Waals surface area (Å²) in [5, 5.41) is 34.9. The number of phenols is 1. The number of carboxylic acid groups (broad SMARTS) is 1. The van der Waals surface area contributed by atoms with Gasteiger partial charge < -0.3 is 26.0 Å². The molecule has 3 atom stereocenters. The first kappa shape index (κ1) is 24.4. The number of hydrogen-bond donors (Lipinski definition) is 5. The van der Waals surface area contributed by atoms with Crippen molar-refractivity contribution in [2.45, 2.75) is 51.8 Å². The molecule has 2 aromatic carbocycles. The van der Waals surface area contributed by atoms with Crippen LogP contribution in [0.3, 0.4) is 0 Å². The van der Waals surface area contributed by atoms with Crippen LogP contribution in [0.15, 0.2) is 48.5 Å². The number of aromatic hydroxyl groups is 1. The highest BCUT2D eigenvalue weighted by Gasteiger charge is 2.21. The molecular formula is C24H32N2O5. The van der Waals surface area contributed by atoms with Gasteiger partial charge in [0.1, 0.15) is 11.8 Å². The van der Waals surface area contributed by atoms with Crippen LogP contribution in [0.4, 0.5) is 0 Å². The van der Waals surface area contributed by atoms with Crippen molar-refractivity contribution in [2.24, 2.45) is 5.92 Å². The van der Waals surface area contributed by atoms with Gasteiger partial charge in [0.25, 0.3) is 5.91 Å². The lowest BCUT2D eigenvalue weighted by Gasteiger charge is -2.21. The van der Waals surface area contributed by atoms with Crippen LogP contribution in [0.5, 0.6) is 5.75 Å². The number of carbonyl (C=O) groups is 2. The fourth-order valence-corrected chi connectivity index (χ4v) is 3.27. The van der Waals surface area contributed by atoms with Gasteiger partial charge >= 0.3 is 5.97 Å². The van der Waals surface area contributed by atoms with E-state index in [1.165, 1.54) is 0 Å². The number of benzene rings is 2. The average Bonchev–Trinajstić information content (AvgIpc) is 2.73. The van der Waals surface area contributed by atoms with Gasteiger partial charge in [0.2, 0.25) is 0 Å². The smallest absolute Gasteiger partial charge is 0.326 e. The largest absolute Gasteiger partial charge is 0.508 e. The Hall–Kier alpha value is -2.90. The quantitative estimate of drug-likeness (QED) is 0.376. The van der Waals surface area contributed by atoms with E-state index in [-0.39, 0.29) is 17.7 Å². The fraction of sp³-hybridized carbons (Fsp3) is 0.417. The molecule has 0 aliphatic carbocycles. The molecule has 7 heteroatoms. The van der Waals surface area contributed by atoms with E-state index in [2.05, 4.69) is 10.6 Å². The lowest BCUT2D eigenvalue weighted by atomic mass is 10.0. The summed E-state index contributed by atoms with van der Waals surface area (Å²) in [6, 6.07) is 12.5. The molecule has 2 rings (SSSR count). The number of nitrogens with one attached hydrogen (secondary N) is 2. The van der Waals surface area contributed by atoms with Gasteiger partial charge in [0, 0.05) is 11.6 Å². The second-order valence-electron chi connectivity index (χ2n) is 8.22. The van der Waals surface area contributed by atoms with Crippen molar-refractivity contribution in [3.05, 3.63) is 65.2 Å². The minimum Gasteiger partial charge on any atom is -0.508 e. The molecule has 0 aromatic heterocycles. The van der Waals surface area contributed by atoms with Gasteiger partial charge in [0.05, 0.1) is 6.10 Å². The van der Waals surface area contributed by atoms with Crippen LogP contribution in [-0.4, -0.2) is 45.8 Å². The standard InChI is InChI=1S/C24H32N2O5/c1-15(2)14-21(24(30)31)26-23(29)19-6-4-17(5-7-19)12-13-25-16(3)22(28)18-8-10-20(27)11-9-18/h4-11,15-16,21-22,25,27-28H,12-14H2,1-3H3,(H,26,29)(H,30,31)/t16-,21-,22-/m0/s1. The molecule has 0 saturated heterocycles. The Bertz CT molecular complexity index is 849. The number of hydrogen-bond acceptors (Lipinski definition) is 5. The van der Waals surface area contributed by atoms with Crippen molar-refractivity contribution in [3.8, 4) is 5.75 Å². The van der Waals surface area contributed by atoms with E-state index in [9.17, 15) is 24.9 Å². The molecule has 0 heterocycles. The maximum Gasteiger partial charge on any atom is 0.326 e. The molecule has 0 saturated carbocycles. The van der Waals surface area contributed by atoms with Crippen LogP contribution in [0.1, 0.15) is 54.8 Å². The summed E-state index contributed by atoms with van der Waals surface area (Å²) in [6.07, 6.45) is 0.387. The highest BCUT2D eigenvalue weighted by Crippen LogP contribution is 2.19. The molecule has 0 bridgehead atoms. The molecule has 2 aromatic rings. The molecule has 1 amide bonds. The molecule has 0 unspecified atom stereocenters. The maximum atomic E-state index is 12.4. The normalized spacial score (nSPS) is 14.1. The van der Waals surface area contributed by atoms with Gasteiger partial charge in [-0.3, -0.25) is 4.79 Å². The third-order valence-corrected chi connectivity index (χ3v) is 5.11. The van der Waals surface area contributed by atoms with Gasteiger partial charge in [-0.05, 0) is 67.6 Å². The summed E-state index contributed by atoms with van der Waals surface area (Å²) in [5.74, 6) is -1.12. The van der Waals surface area contributed by atoms with E-state index in [4.69, 9.17) is 0 Å². The van der Waals surface area contributed by atoms with Crippen molar-refractivity contribution in [3.63, 3.8) is 0 Å². The first-order valence-electron chi connectivity index (χ1n) is 10.5. The Labute approximate surface area is 183 Å². The number of aliphatic carboxylic acids is 1. The molecule has 5 N–H and O–H groups in total. The third kappa shape index (κ3) is 7.70. The zero-order valence-corrected chi connectivity index (χ0v) is 18.2. The molecule has 0 fully saturated rings. The minimum absolute atomic E-state index is 0.159. The molecule has 0 radical (unpaired) electrons. The highest BCUT2D eigenvalue weighted by atomic mass is 16.4. The number of rotatable bonds is 11. The molecule has 168 valence electrons. The fourth-order valence-electron chi connectivity index (χ4n) is 3.27. The van der Waals surface area contributed by atoms with E-state index < -0.39 is 24.0 Å². The summed E-state index contributed by atoms with van der Waals surface area (Å²) in [5.41, 5.74) is 2.17. The highest BCUT2D eigenvalue weighted by molar-refractivity contribution is 5.96. The molecule has 0 aliphatic rings. The second-order valence-corrected chi connectivity index (χ2v) is 8.22. The zero-order valence-electron chi connectivity index (χ0n) is 18.2. The summed E-state index contributed by atoms with van der Waals surface area (Å²) in [4.78, 5) is 23.7. The molecular weight excluding hydrogens is 396 g/mol. The molecule has 0 aliphatic heterocycles. The Balaban J connectivity index is 1.84. The number of aliphatic hydroxyl groups excluding tert-OH is 1. The predicted molar refractivity (Wildman–Crippen MR) is 119 cm³/mol. The van der Waals surface area contributed by atoms with E-state index in [0.29, 0.717) is 24.9 Å². The maximum absolute atomic E-state index is 12.4. The second kappa shape index (κ2) is 11.5. The van der Waals surface area contributed by atoms with Gasteiger partial charge in [-0.25, -0.2) is 4.79 Å². The van der Waals surface area contributed by atoms with Crippen molar-refractivity contribution >= 4 is 11.9 Å². The summed E-state index contributed by atoms with van der Waals surface area (Å²) in [7, 11) is 0. The molecule has 31 heavy (non-hydrogen) atoms. The number of aliphatic hydroxyl groups is 1. The molecule has 0 spiro atoms. The lowest BCUT2D eigenvalue weighted by Crippen LogP contribution is -2.41. The van der Waals surface area contributed by atoms with Crippen LogP contribution in [0, 0.1) is 5.92 Å². The summed E-state index contributed by atoms with van der Waals surface area (Å²) < 4.78 is 0. The number of amides is 1. The van der Waals surface area contributed by atoms with Crippen molar-refractivity contribution in [1.82, 2.24) is 10.6 Å². The van der Waals surface area contributed by atoms with Gasteiger partial charge in [-0.2, -0.15) is 0 Å². The van der Waals surface area contributed by atoms with Crippen LogP contribution >= 0.6 is 0 Å². The van der Waals surface area contributed by atoms with Gasteiger partial charge in [0.15, 0.2) is 0 Å². The lowest BCUT2D eigenvalue weighted by molar-refractivity contribution is -0.139. The Morgan fingerprint density at radius 3 is 2.13 bits per heavy atom. The SMILES string of the molecule is CC(C)C[C@H](NC(=O)c1ccc(CCN[C@@H](C)[C@H](O)c2ccc(O)cc2)cc1)C(=O)O. The first-order chi connectivity index (χ1) is 14.7. The Morgan fingerprint density at radius 1 is 0.968 bits per heavy atom. The number of carboxylic acids is 1. The summed E-state index contributed by atoms with van der Waals surface area (Å²) in [6.45, 7) is 6.35. The van der Waals surface area contributed by atoms with Gasteiger partial charge in [-0.1, -0.05) is 38.1 Å². The van der Waals surface area contributed by atoms with Crippen molar-refractivity contribution in [1.29, 1.82) is 0 Å². The minimum atomic E-state index is -1.03. The average molecular weight is 429 g/mol. The van der Waals surface area contributed by atoms with E-state index >= 15 is 0 Å². The van der Waals surface area contributed by atoms with Crippen LogP contribution in [0.2, 0.25) is 0 Å². The Kier molecular flexibility index (Phi) is 9.03. The van der Waals surface area contributed by atoms with E-state index in [1.807, 2.05) is 32.9 Å². The van der Waals surface area contributed by atoms with Crippen LogP contribution in [0.25, 0.3) is 0 Å². The third-order valence-electron chi connectivity index (χ3n) is 5.11.